The van der Waals surface area contributed by atoms with Gasteiger partial charge < -0.3 is 14.6 Å². The maximum atomic E-state index is 9.76. The van der Waals surface area contributed by atoms with E-state index in [1.165, 1.54) is 4.68 Å². The fraction of sp³-hybridized carbons (Fsp3) is 0.167. The molecule has 1 aromatic heterocycles. The van der Waals surface area contributed by atoms with E-state index in [1.807, 2.05) is 37.3 Å². The summed E-state index contributed by atoms with van der Waals surface area (Å²) in [5, 5.41) is 21.0. The molecule has 0 aliphatic carbocycles. The lowest BCUT2D eigenvalue weighted by Gasteiger charge is -2.06. The molecule has 0 aliphatic heterocycles. The molecule has 26 heavy (non-hydrogen) atoms. The van der Waals surface area contributed by atoms with E-state index in [9.17, 15) is 5.11 Å². The van der Waals surface area contributed by atoms with Crippen LogP contribution in [0.2, 0.25) is 0 Å². The summed E-state index contributed by atoms with van der Waals surface area (Å²) in [5.74, 6) is 1.76. The number of hydrogen-bond acceptors (Lipinski definition) is 6. The predicted molar refractivity (Wildman–Crippen MR) is 100 cm³/mol. The van der Waals surface area contributed by atoms with E-state index in [-0.39, 0.29) is 12.4 Å². The fourth-order valence-electron chi connectivity index (χ4n) is 2.21. The first kappa shape index (κ1) is 17.7. The Kier molecular flexibility index (Phi) is 5.65. The number of phenolic OH excluding ortho intramolecular Hbond substituents is 1. The molecule has 134 valence electrons. The number of H-pyrrole nitrogens is 1. The second-order valence-electron chi connectivity index (χ2n) is 5.26. The molecule has 0 aliphatic rings. The third-order valence-electron chi connectivity index (χ3n) is 3.43. The minimum absolute atomic E-state index is 0.0841. The Labute approximate surface area is 155 Å². The molecule has 3 rings (SSSR count). The molecule has 0 radical (unpaired) electrons. The zero-order valence-electron chi connectivity index (χ0n) is 14.1. The van der Waals surface area contributed by atoms with E-state index >= 15 is 0 Å². The normalized spacial score (nSPS) is 11.0. The van der Waals surface area contributed by atoms with Crippen molar-refractivity contribution in [1.29, 1.82) is 0 Å². The molecule has 0 saturated heterocycles. The largest absolute Gasteiger partial charge is 0.504 e. The Hall–Kier alpha value is -3.13. The zero-order valence-corrected chi connectivity index (χ0v) is 14.9. The smallest absolute Gasteiger partial charge is 0.216 e. The van der Waals surface area contributed by atoms with Crippen LogP contribution < -0.4 is 9.47 Å². The van der Waals surface area contributed by atoms with Crippen molar-refractivity contribution < 1.29 is 14.6 Å². The topological polar surface area (TPSA) is 84.7 Å². The molecule has 0 saturated carbocycles. The molecule has 0 fully saturated rings. The number of para-hydroxylation sites is 1. The average molecular weight is 370 g/mol. The summed E-state index contributed by atoms with van der Waals surface area (Å²) in [6, 6.07) is 14.4. The Bertz CT molecular complexity index is 951. The van der Waals surface area contributed by atoms with E-state index in [0.29, 0.717) is 23.0 Å². The van der Waals surface area contributed by atoms with Gasteiger partial charge >= 0.3 is 0 Å². The Morgan fingerprint density at radius 1 is 1.23 bits per heavy atom. The van der Waals surface area contributed by atoms with Crippen molar-refractivity contribution in [2.45, 2.75) is 13.5 Å². The van der Waals surface area contributed by atoms with Gasteiger partial charge in [0.25, 0.3) is 0 Å². The molecule has 0 amide bonds. The zero-order chi connectivity index (χ0) is 18.4. The van der Waals surface area contributed by atoms with Gasteiger partial charge in [0.2, 0.25) is 4.77 Å². The summed E-state index contributed by atoms with van der Waals surface area (Å²) in [6.45, 7) is 2.53. The van der Waals surface area contributed by atoms with Crippen LogP contribution >= 0.6 is 12.2 Å². The van der Waals surface area contributed by atoms with Crippen LogP contribution in [-0.2, 0) is 6.61 Å². The lowest BCUT2D eigenvalue weighted by molar-refractivity contribution is 0.290. The van der Waals surface area contributed by atoms with Crippen molar-refractivity contribution in [3.63, 3.8) is 0 Å². The summed E-state index contributed by atoms with van der Waals surface area (Å²) >= 11 is 5.22. The fourth-order valence-corrected chi connectivity index (χ4v) is 2.41. The number of aromatic hydroxyl groups is 1. The second kappa shape index (κ2) is 8.30. The Morgan fingerprint density at radius 3 is 2.81 bits per heavy atom. The summed E-state index contributed by atoms with van der Waals surface area (Å²) < 4.78 is 12.9. The molecule has 0 bridgehead atoms. The van der Waals surface area contributed by atoms with Crippen molar-refractivity contribution in [2.75, 3.05) is 6.61 Å². The van der Waals surface area contributed by atoms with Crippen LogP contribution in [0.3, 0.4) is 0 Å². The van der Waals surface area contributed by atoms with Crippen molar-refractivity contribution >= 4 is 18.4 Å². The number of aromatic nitrogens is 3. The highest BCUT2D eigenvalue weighted by Crippen LogP contribution is 2.26. The number of benzene rings is 2. The average Bonchev–Trinajstić information content (AvgIpc) is 3.01. The number of aromatic amines is 1. The van der Waals surface area contributed by atoms with Gasteiger partial charge in [-0.3, -0.25) is 0 Å². The summed E-state index contributed by atoms with van der Waals surface area (Å²) in [5.41, 5.74) is 0.754. The van der Waals surface area contributed by atoms with E-state index in [1.54, 1.807) is 24.4 Å². The van der Waals surface area contributed by atoms with E-state index in [0.717, 1.165) is 11.3 Å². The van der Waals surface area contributed by atoms with Gasteiger partial charge in [0, 0.05) is 0 Å². The number of phenols is 1. The Balaban J connectivity index is 1.77. The van der Waals surface area contributed by atoms with Gasteiger partial charge in [-0.2, -0.15) is 14.9 Å². The third kappa shape index (κ3) is 4.28. The van der Waals surface area contributed by atoms with Gasteiger partial charge in [-0.1, -0.05) is 18.2 Å². The number of nitrogens with one attached hydrogen (secondary N) is 1. The highest BCUT2D eigenvalue weighted by molar-refractivity contribution is 7.71. The molecule has 8 heteroatoms. The SMILES string of the molecule is CCOc1cc(/C=N/n2c(COc3ccccc3)n[nH]c2=S)ccc1O. The number of rotatable bonds is 7. The number of ether oxygens (including phenoxy) is 2. The highest BCUT2D eigenvalue weighted by Gasteiger charge is 2.07. The molecule has 2 N–H and O–H groups in total. The highest BCUT2D eigenvalue weighted by atomic mass is 32.1. The number of nitrogens with zero attached hydrogens (tertiary/aromatic N) is 3. The van der Waals surface area contributed by atoms with Crippen LogP contribution in [0.15, 0.2) is 53.6 Å². The standard InChI is InChI=1S/C18H18N4O3S/c1-2-24-16-10-13(8-9-15(16)23)11-19-22-17(20-21-18(22)26)12-25-14-6-4-3-5-7-14/h3-11,23H,2,12H2,1H3,(H,21,26)/b19-11+. The second-order valence-corrected chi connectivity index (χ2v) is 5.65. The van der Waals surface area contributed by atoms with Gasteiger partial charge in [-0.25, -0.2) is 5.10 Å². The Morgan fingerprint density at radius 2 is 2.04 bits per heavy atom. The lowest BCUT2D eigenvalue weighted by Crippen LogP contribution is -2.04. The first-order valence-electron chi connectivity index (χ1n) is 8.01. The summed E-state index contributed by atoms with van der Waals surface area (Å²) in [4.78, 5) is 0. The molecule has 0 spiro atoms. The van der Waals surface area contributed by atoms with Crippen molar-refractivity contribution in [2.24, 2.45) is 5.10 Å². The van der Waals surface area contributed by atoms with E-state index in [2.05, 4.69) is 15.3 Å². The van der Waals surface area contributed by atoms with Crippen LogP contribution in [0.4, 0.5) is 0 Å². The van der Waals surface area contributed by atoms with Crippen molar-refractivity contribution in [1.82, 2.24) is 14.9 Å². The van der Waals surface area contributed by atoms with Crippen LogP contribution in [0.5, 0.6) is 17.2 Å². The van der Waals surface area contributed by atoms with Gasteiger partial charge in [-0.15, -0.1) is 0 Å². The molecule has 0 unspecified atom stereocenters. The first-order chi connectivity index (χ1) is 12.7. The van der Waals surface area contributed by atoms with Crippen LogP contribution in [0, 0.1) is 4.77 Å². The number of hydrogen-bond donors (Lipinski definition) is 2. The maximum Gasteiger partial charge on any atom is 0.216 e. The van der Waals surface area contributed by atoms with Gasteiger partial charge in [0.15, 0.2) is 17.3 Å². The van der Waals surface area contributed by atoms with Gasteiger partial charge in [0.1, 0.15) is 12.4 Å². The first-order valence-corrected chi connectivity index (χ1v) is 8.42. The molecular formula is C18H18N4O3S. The quantitative estimate of drug-likeness (QED) is 0.491. The third-order valence-corrected chi connectivity index (χ3v) is 3.70. The van der Waals surface area contributed by atoms with Gasteiger partial charge in [0.05, 0.1) is 12.8 Å². The van der Waals surface area contributed by atoms with Crippen LogP contribution in [0.1, 0.15) is 18.3 Å². The molecule has 7 nitrogen and oxygen atoms in total. The monoisotopic (exact) mass is 370 g/mol. The minimum Gasteiger partial charge on any atom is -0.504 e. The molecular weight excluding hydrogens is 352 g/mol. The predicted octanol–water partition coefficient (Wildman–Crippen LogP) is 3.51. The van der Waals surface area contributed by atoms with Crippen molar-refractivity contribution in [3.05, 3.63) is 64.7 Å². The van der Waals surface area contributed by atoms with Crippen LogP contribution in [-0.4, -0.2) is 32.8 Å². The van der Waals surface area contributed by atoms with Gasteiger partial charge in [-0.05, 0) is 55.0 Å². The molecule has 3 aromatic rings. The van der Waals surface area contributed by atoms with Crippen molar-refractivity contribution in [3.8, 4) is 17.2 Å². The maximum absolute atomic E-state index is 9.76. The molecule has 2 aromatic carbocycles. The molecule has 1 heterocycles. The van der Waals surface area contributed by atoms with E-state index < -0.39 is 0 Å². The lowest BCUT2D eigenvalue weighted by atomic mass is 10.2. The van der Waals surface area contributed by atoms with E-state index in [4.69, 9.17) is 21.7 Å². The van der Waals surface area contributed by atoms with Crippen LogP contribution in [0.25, 0.3) is 0 Å². The summed E-state index contributed by atoms with van der Waals surface area (Å²) in [7, 11) is 0. The molecule has 0 atom stereocenters. The minimum atomic E-state index is 0.0841. The summed E-state index contributed by atoms with van der Waals surface area (Å²) in [6.07, 6.45) is 1.61.